The van der Waals surface area contributed by atoms with Crippen molar-refractivity contribution >= 4 is 11.8 Å². The van der Waals surface area contributed by atoms with Crippen LogP contribution in [0.3, 0.4) is 0 Å². The first-order valence-corrected chi connectivity index (χ1v) is 8.12. The zero-order valence-electron chi connectivity index (χ0n) is 12.2. The molecule has 1 aliphatic heterocycles. The maximum atomic E-state index is 4.21. The molecule has 108 valence electrons. The van der Waals surface area contributed by atoms with Gasteiger partial charge in [0.2, 0.25) is 0 Å². The van der Waals surface area contributed by atoms with Crippen LogP contribution in [-0.4, -0.2) is 56.6 Å². The Morgan fingerprint density at radius 2 is 2.00 bits per heavy atom. The summed E-state index contributed by atoms with van der Waals surface area (Å²) >= 11 is 2.05. The number of hydrogen-bond donors (Lipinski definition) is 1. The number of rotatable bonds is 5. The Morgan fingerprint density at radius 1 is 1.26 bits per heavy atom. The summed E-state index contributed by atoms with van der Waals surface area (Å²) in [6.07, 6.45) is 2.05. The van der Waals surface area contributed by atoms with Gasteiger partial charge < -0.3 is 5.32 Å². The van der Waals surface area contributed by atoms with E-state index in [1.165, 1.54) is 24.6 Å². The lowest BCUT2D eigenvalue weighted by molar-refractivity contribution is 0.283. The first kappa shape index (κ1) is 14.8. The molecule has 1 fully saturated rings. The van der Waals surface area contributed by atoms with Crippen molar-refractivity contribution in [3.8, 4) is 0 Å². The van der Waals surface area contributed by atoms with Gasteiger partial charge in [0.15, 0.2) is 0 Å². The number of nitrogens with one attached hydrogen (secondary N) is 1. The topological polar surface area (TPSA) is 46.0 Å². The van der Waals surface area contributed by atoms with E-state index in [4.69, 9.17) is 0 Å². The second-order valence-electron chi connectivity index (χ2n) is 6.03. The third-order valence-electron chi connectivity index (χ3n) is 3.13. The van der Waals surface area contributed by atoms with Gasteiger partial charge in [0, 0.05) is 49.4 Å². The van der Waals surface area contributed by atoms with Crippen LogP contribution >= 0.6 is 11.8 Å². The molecule has 0 atom stereocenters. The molecule has 2 heterocycles. The van der Waals surface area contributed by atoms with Crippen molar-refractivity contribution in [2.45, 2.75) is 39.4 Å². The number of hydrogen-bond acceptors (Lipinski definition) is 5. The van der Waals surface area contributed by atoms with Crippen LogP contribution < -0.4 is 5.32 Å². The van der Waals surface area contributed by atoms with Gasteiger partial charge in [0.1, 0.15) is 0 Å². The molecule has 5 nitrogen and oxygen atoms in total. The maximum absolute atomic E-state index is 4.21. The van der Waals surface area contributed by atoms with E-state index >= 15 is 0 Å². The van der Waals surface area contributed by atoms with Crippen LogP contribution in [0.2, 0.25) is 0 Å². The lowest BCUT2D eigenvalue weighted by Gasteiger charge is -2.25. The molecule has 19 heavy (non-hydrogen) atoms. The third kappa shape index (κ3) is 5.50. The van der Waals surface area contributed by atoms with E-state index in [2.05, 4.69) is 47.5 Å². The highest BCUT2D eigenvalue weighted by molar-refractivity contribution is 7.99. The molecule has 0 unspecified atom stereocenters. The molecule has 2 rings (SSSR count). The second-order valence-corrected chi connectivity index (χ2v) is 7.26. The Labute approximate surface area is 120 Å². The molecule has 1 saturated heterocycles. The van der Waals surface area contributed by atoms with Gasteiger partial charge >= 0.3 is 0 Å². The molecule has 0 aliphatic carbocycles. The monoisotopic (exact) mass is 283 g/mol. The standard InChI is InChI=1S/C13H25N5S/c1-13(2,3)14-10-12-11-18(16-15-12)5-4-17-6-8-19-9-7-17/h11,14H,4-10H2,1-3H3. The van der Waals surface area contributed by atoms with Crippen molar-refractivity contribution < 1.29 is 0 Å². The molecule has 0 radical (unpaired) electrons. The van der Waals surface area contributed by atoms with Gasteiger partial charge in [-0.2, -0.15) is 11.8 Å². The minimum atomic E-state index is 0.120. The minimum absolute atomic E-state index is 0.120. The quantitative estimate of drug-likeness (QED) is 0.880. The number of thioether (sulfide) groups is 1. The zero-order valence-corrected chi connectivity index (χ0v) is 13.0. The van der Waals surface area contributed by atoms with Gasteiger partial charge in [-0.1, -0.05) is 5.21 Å². The summed E-state index contributed by atoms with van der Waals surface area (Å²) in [5.41, 5.74) is 1.14. The maximum Gasteiger partial charge on any atom is 0.0965 e. The van der Waals surface area contributed by atoms with E-state index in [1.807, 2.05) is 16.4 Å². The predicted octanol–water partition coefficient (Wildman–Crippen LogP) is 1.21. The van der Waals surface area contributed by atoms with Gasteiger partial charge in [-0.15, -0.1) is 5.10 Å². The van der Waals surface area contributed by atoms with Gasteiger partial charge in [-0.05, 0) is 20.8 Å². The average molecular weight is 283 g/mol. The van der Waals surface area contributed by atoms with Crippen molar-refractivity contribution in [1.29, 1.82) is 0 Å². The number of aromatic nitrogens is 3. The molecule has 1 N–H and O–H groups in total. The van der Waals surface area contributed by atoms with Gasteiger partial charge in [0.05, 0.1) is 12.2 Å². The Morgan fingerprint density at radius 3 is 2.68 bits per heavy atom. The molecular formula is C13H25N5S. The van der Waals surface area contributed by atoms with Crippen LogP contribution in [0, 0.1) is 0 Å². The third-order valence-corrected chi connectivity index (χ3v) is 4.08. The molecule has 0 spiro atoms. The van der Waals surface area contributed by atoms with E-state index in [9.17, 15) is 0 Å². The van der Waals surface area contributed by atoms with Crippen molar-refractivity contribution in [2.24, 2.45) is 0 Å². The molecule has 0 bridgehead atoms. The highest BCUT2D eigenvalue weighted by Crippen LogP contribution is 2.08. The van der Waals surface area contributed by atoms with Crippen molar-refractivity contribution in [3.05, 3.63) is 11.9 Å². The molecule has 0 aromatic carbocycles. The van der Waals surface area contributed by atoms with E-state index in [-0.39, 0.29) is 5.54 Å². The highest BCUT2D eigenvalue weighted by atomic mass is 32.2. The zero-order chi connectivity index (χ0) is 13.7. The van der Waals surface area contributed by atoms with E-state index in [0.29, 0.717) is 0 Å². The van der Waals surface area contributed by atoms with Gasteiger partial charge in [-0.25, -0.2) is 0 Å². The number of nitrogens with zero attached hydrogens (tertiary/aromatic N) is 4. The highest BCUT2D eigenvalue weighted by Gasteiger charge is 2.12. The lowest BCUT2D eigenvalue weighted by atomic mass is 10.1. The average Bonchev–Trinajstić information content (AvgIpc) is 2.82. The molecule has 0 amide bonds. The Balaban J connectivity index is 1.74. The van der Waals surface area contributed by atoms with Crippen molar-refractivity contribution in [2.75, 3.05) is 31.1 Å². The Hall–Kier alpha value is -0.590. The molecular weight excluding hydrogens is 258 g/mol. The van der Waals surface area contributed by atoms with Crippen LogP contribution in [-0.2, 0) is 13.1 Å². The lowest BCUT2D eigenvalue weighted by Crippen LogP contribution is -2.35. The SMILES string of the molecule is CC(C)(C)NCc1cn(CCN2CCSCC2)nn1. The summed E-state index contributed by atoms with van der Waals surface area (Å²) < 4.78 is 1.96. The Kier molecular flexibility index (Phi) is 5.24. The molecule has 0 saturated carbocycles. The van der Waals surface area contributed by atoms with Crippen LogP contribution in [0.1, 0.15) is 26.5 Å². The van der Waals surface area contributed by atoms with Gasteiger partial charge in [-0.3, -0.25) is 9.58 Å². The molecule has 1 aromatic rings. The summed E-state index contributed by atoms with van der Waals surface area (Å²) in [4.78, 5) is 2.51. The summed E-state index contributed by atoms with van der Waals surface area (Å²) in [6.45, 7) is 11.7. The van der Waals surface area contributed by atoms with E-state index in [0.717, 1.165) is 25.3 Å². The van der Waals surface area contributed by atoms with Crippen LogP contribution in [0.5, 0.6) is 0 Å². The largest absolute Gasteiger partial charge is 0.306 e. The van der Waals surface area contributed by atoms with Crippen LogP contribution in [0.4, 0.5) is 0 Å². The van der Waals surface area contributed by atoms with Crippen molar-refractivity contribution in [3.63, 3.8) is 0 Å². The molecule has 1 aliphatic rings. The van der Waals surface area contributed by atoms with Crippen molar-refractivity contribution in [1.82, 2.24) is 25.2 Å². The fourth-order valence-corrected chi connectivity index (χ4v) is 2.93. The van der Waals surface area contributed by atoms with E-state index in [1.54, 1.807) is 0 Å². The molecule has 6 heteroatoms. The normalized spacial score (nSPS) is 17.8. The van der Waals surface area contributed by atoms with E-state index < -0.39 is 0 Å². The first-order valence-electron chi connectivity index (χ1n) is 6.97. The Bertz CT molecular complexity index is 379. The van der Waals surface area contributed by atoms with Gasteiger partial charge in [0.25, 0.3) is 0 Å². The summed E-state index contributed by atoms with van der Waals surface area (Å²) in [5.74, 6) is 2.52. The predicted molar refractivity (Wildman–Crippen MR) is 80.4 cm³/mol. The molecule has 1 aromatic heterocycles. The minimum Gasteiger partial charge on any atom is -0.306 e. The second kappa shape index (κ2) is 6.72. The van der Waals surface area contributed by atoms with Crippen LogP contribution in [0.25, 0.3) is 0 Å². The summed E-state index contributed by atoms with van der Waals surface area (Å²) in [6, 6.07) is 0. The van der Waals surface area contributed by atoms with Crippen LogP contribution in [0.15, 0.2) is 6.20 Å². The summed E-state index contributed by atoms with van der Waals surface area (Å²) in [7, 11) is 0. The fourth-order valence-electron chi connectivity index (χ4n) is 1.95. The fraction of sp³-hybridized carbons (Fsp3) is 0.846. The first-order chi connectivity index (χ1) is 9.03. The summed E-state index contributed by atoms with van der Waals surface area (Å²) in [5, 5.41) is 11.8. The smallest absolute Gasteiger partial charge is 0.0965 e.